The Morgan fingerprint density at radius 1 is 0.978 bits per heavy atom. The zero-order valence-electron chi connectivity index (χ0n) is 25.1. The van der Waals surface area contributed by atoms with Crippen LogP contribution in [0.5, 0.6) is 5.75 Å². The Morgan fingerprint density at radius 3 is 2.40 bits per heavy atom. The molecule has 0 N–H and O–H groups in total. The lowest BCUT2D eigenvalue weighted by atomic mass is 9.92. The molecule has 1 aliphatic rings. The van der Waals surface area contributed by atoms with Gasteiger partial charge in [0.2, 0.25) is 0 Å². The standard InChI is InChI=1S/C34H32F3N5O2S/c1-4-42-22(3)30(27-10-5-6-17-38-27)40-31(42)28-20-45-32(39-28)24-15-18-41(19-16-24)33(43)26-9-7-8-21(2)29(26)23-11-13-25(14-12-23)44-34(35,36)37/h5-14,17,20,24H,4,15-16,18-19H2,1-3H3. The predicted octanol–water partition coefficient (Wildman–Crippen LogP) is 8.29. The van der Waals surface area contributed by atoms with Crippen LogP contribution in [0.15, 0.2) is 72.2 Å². The highest BCUT2D eigenvalue weighted by atomic mass is 32.1. The van der Waals surface area contributed by atoms with Gasteiger partial charge in [-0.05, 0) is 80.6 Å². The molecule has 5 aromatic rings. The number of hydrogen-bond donors (Lipinski definition) is 0. The number of pyridine rings is 1. The highest BCUT2D eigenvalue weighted by molar-refractivity contribution is 7.10. The van der Waals surface area contributed by atoms with Crippen LogP contribution in [-0.2, 0) is 6.54 Å². The summed E-state index contributed by atoms with van der Waals surface area (Å²) in [7, 11) is 0. The summed E-state index contributed by atoms with van der Waals surface area (Å²) in [6.07, 6.45) is -1.43. The summed E-state index contributed by atoms with van der Waals surface area (Å²) in [6, 6.07) is 17.0. The molecule has 6 rings (SSSR count). The number of amides is 1. The van der Waals surface area contributed by atoms with Crippen molar-refractivity contribution in [3.8, 4) is 39.8 Å². The molecule has 7 nitrogen and oxygen atoms in total. The quantitative estimate of drug-likeness (QED) is 0.181. The zero-order chi connectivity index (χ0) is 31.7. The fourth-order valence-electron chi connectivity index (χ4n) is 5.99. The van der Waals surface area contributed by atoms with Gasteiger partial charge in [-0.15, -0.1) is 24.5 Å². The number of benzene rings is 2. The van der Waals surface area contributed by atoms with Crippen molar-refractivity contribution in [3.05, 3.63) is 94.1 Å². The van der Waals surface area contributed by atoms with Gasteiger partial charge in [0, 0.05) is 48.4 Å². The fraction of sp³-hybridized carbons (Fsp3) is 0.294. The minimum Gasteiger partial charge on any atom is -0.406 e. The van der Waals surface area contributed by atoms with Crippen molar-refractivity contribution in [1.29, 1.82) is 0 Å². The number of nitrogens with zero attached hydrogens (tertiary/aromatic N) is 5. The predicted molar refractivity (Wildman–Crippen MR) is 168 cm³/mol. The summed E-state index contributed by atoms with van der Waals surface area (Å²) >= 11 is 1.63. The van der Waals surface area contributed by atoms with E-state index >= 15 is 0 Å². The van der Waals surface area contributed by atoms with Gasteiger partial charge >= 0.3 is 6.36 Å². The average molecular weight is 632 g/mol. The number of rotatable bonds is 7. The summed E-state index contributed by atoms with van der Waals surface area (Å²) in [6.45, 7) is 7.97. The van der Waals surface area contributed by atoms with Crippen molar-refractivity contribution in [2.45, 2.75) is 52.4 Å². The molecule has 1 aliphatic heterocycles. The molecule has 11 heteroatoms. The average Bonchev–Trinajstić information content (AvgIpc) is 3.65. The van der Waals surface area contributed by atoms with Crippen molar-refractivity contribution >= 4 is 17.2 Å². The Bertz CT molecular complexity index is 1810. The number of aryl methyl sites for hydroxylation is 1. The molecule has 4 heterocycles. The molecule has 1 saturated heterocycles. The van der Waals surface area contributed by atoms with E-state index in [9.17, 15) is 18.0 Å². The lowest BCUT2D eigenvalue weighted by Crippen LogP contribution is -2.38. The fourth-order valence-corrected chi connectivity index (χ4v) is 6.96. The van der Waals surface area contributed by atoms with Crippen LogP contribution in [0.25, 0.3) is 34.0 Å². The van der Waals surface area contributed by atoms with Crippen LogP contribution >= 0.6 is 11.3 Å². The maximum Gasteiger partial charge on any atom is 0.573 e. The Hall–Kier alpha value is -4.51. The molecule has 0 spiro atoms. The number of carbonyl (C=O) groups excluding carboxylic acids is 1. The lowest BCUT2D eigenvalue weighted by Gasteiger charge is -2.32. The molecular weight excluding hydrogens is 599 g/mol. The largest absolute Gasteiger partial charge is 0.573 e. The van der Waals surface area contributed by atoms with Gasteiger partial charge in [0.1, 0.15) is 17.1 Å². The maximum atomic E-state index is 13.8. The van der Waals surface area contributed by atoms with Gasteiger partial charge in [0.15, 0.2) is 5.82 Å². The number of ether oxygens (including phenoxy) is 1. The maximum absolute atomic E-state index is 13.8. The number of carbonyl (C=O) groups is 1. The second kappa shape index (κ2) is 12.5. The molecule has 3 aromatic heterocycles. The van der Waals surface area contributed by atoms with Crippen LogP contribution < -0.4 is 4.74 Å². The summed E-state index contributed by atoms with van der Waals surface area (Å²) in [5.74, 6) is 0.663. The first-order valence-electron chi connectivity index (χ1n) is 14.8. The van der Waals surface area contributed by atoms with Crippen LogP contribution in [0.2, 0.25) is 0 Å². The van der Waals surface area contributed by atoms with E-state index in [1.54, 1.807) is 35.7 Å². The van der Waals surface area contributed by atoms with Crippen LogP contribution in [0.3, 0.4) is 0 Å². The monoisotopic (exact) mass is 631 g/mol. The Kier molecular flexibility index (Phi) is 8.46. The molecule has 0 unspecified atom stereocenters. The second-order valence-corrected chi connectivity index (χ2v) is 11.9. The van der Waals surface area contributed by atoms with Crippen LogP contribution in [0.4, 0.5) is 13.2 Å². The summed E-state index contributed by atoms with van der Waals surface area (Å²) in [5, 5.41) is 3.10. The third-order valence-corrected chi connectivity index (χ3v) is 9.21. The number of alkyl halides is 3. The van der Waals surface area contributed by atoms with E-state index in [1.807, 2.05) is 42.2 Å². The summed E-state index contributed by atoms with van der Waals surface area (Å²) in [5.41, 5.74) is 6.34. The number of piperidine rings is 1. The van der Waals surface area contributed by atoms with Crippen molar-refractivity contribution in [2.75, 3.05) is 13.1 Å². The van der Waals surface area contributed by atoms with Crippen molar-refractivity contribution in [2.24, 2.45) is 0 Å². The highest BCUT2D eigenvalue weighted by Gasteiger charge is 2.31. The molecule has 0 aliphatic carbocycles. The van der Waals surface area contributed by atoms with Gasteiger partial charge in [-0.1, -0.05) is 30.3 Å². The number of hydrogen-bond acceptors (Lipinski definition) is 6. The third kappa shape index (κ3) is 6.35. The van der Waals surface area contributed by atoms with Crippen LogP contribution in [0.1, 0.15) is 52.3 Å². The van der Waals surface area contributed by atoms with Crippen molar-refractivity contribution < 1.29 is 22.7 Å². The Balaban J connectivity index is 1.17. The molecule has 0 saturated carbocycles. The van der Waals surface area contributed by atoms with Gasteiger partial charge in [0.05, 0.1) is 10.7 Å². The van der Waals surface area contributed by atoms with Crippen molar-refractivity contribution in [3.63, 3.8) is 0 Å². The van der Waals surface area contributed by atoms with E-state index < -0.39 is 6.36 Å². The minimum atomic E-state index is -4.77. The minimum absolute atomic E-state index is 0.0925. The summed E-state index contributed by atoms with van der Waals surface area (Å²) in [4.78, 5) is 30.1. The Morgan fingerprint density at radius 2 is 1.73 bits per heavy atom. The third-order valence-electron chi connectivity index (χ3n) is 8.21. The second-order valence-electron chi connectivity index (χ2n) is 11.0. The van der Waals surface area contributed by atoms with E-state index in [2.05, 4.69) is 33.5 Å². The van der Waals surface area contributed by atoms with E-state index in [4.69, 9.17) is 9.97 Å². The van der Waals surface area contributed by atoms with Gasteiger partial charge in [-0.25, -0.2) is 9.97 Å². The first-order chi connectivity index (χ1) is 21.6. The lowest BCUT2D eigenvalue weighted by molar-refractivity contribution is -0.274. The topological polar surface area (TPSA) is 73.1 Å². The zero-order valence-corrected chi connectivity index (χ0v) is 26.0. The molecule has 0 bridgehead atoms. The molecular formula is C34H32F3N5O2S. The molecule has 232 valence electrons. The van der Waals surface area contributed by atoms with E-state index in [-0.39, 0.29) is 17.6 Å². The van der Waals surface area contributed by atoms with Gasteiger partial charge in [-0.3, -0.25) is 9.78 Å². The summed E-state index contributed by atoms with van der Waals surface area (Å²) < 4.78 is 44.1. The number of thiazole rings is 1. The van der Waals surface area contributed by atoms with Crippen molar-refractivity contribution in [1.82, 2.24) is 24.4 Å². The molecule has 0 radical (unpaired) electrons. The number of aromatic nitrogens is 4. The molecule has 45 heavy (non-hydrogen) atoms. The number of halogens is 3. The molecule has 1 fully saturated rings. The smallest absolute Gasteiger partial charge is 0.406 e. The van der Waals surface area contributed by atoms with Gasteiger partial charge in [0.25, 0.3) is 5.91 Å². The van der Waals surface area contributed by atoms with Crippen LogP contribution in [-0.4, -0.2) is 49.8 Å². The normalized spacial score (nSPS) is 14.1. The van der Waals surface area contributed by atoms with E-state index in [0.717, 1.165) is 58.6 Å². The number of imidazole rings is 1. The van der Waals surface area contributed by atoms with Gasteiger partial charge in [-0.2, -0.15) is 0 Å². The SMILES string of the molecule is CCn1c(-c2csc(C3CCN(C(=O)c4cccc(C)c4-c4ccc(OC(F)(F)F)cc4)CC3)n2)nc(-c2ccccn2)c1C. The molecule has 1 amide bonds. The first kappa shape index (κ1) is 30.5. The number of likely N-dealkylation sites (tertiary alicyclic amines) is 1. The molecule has 2 aromatic carbocycles. The highest BCUT2D eigenvalue weighted by Crippen LogP contribution is 2.36. The van der Waals surface area contributed by atoms with Crippen LogP contribution in [0, 0.1) is 13.8 Å². The van der Waals surface area contributed by atoms with E-state index in [1.165, 1.54) is 12.1 Å². The first-order valence-corrected chi connectivity index (χ1v) is 15.7. The van der Waals surface area contributed by atoms with E-state index in [0.29, 0.717) is 29.8 Å². The van der Waals surface area contributed by atoms with Gasteiger partial charge < -0.3 is 14.2 Å². The Labute approximate surface area is 263 Å². The molecule has 0 atom stereocenters.